The number of nitrogens with one attached hydrogen (secondary N) is 4. The molecule has 2 unspecified atom stereocenters. The number of aromatic nitrogens is 4. The fourth-order valence-corrected chi connectivity index (χ4v) is 6.82. The van der Waals surface area contributed by atoms with Crippen LogP contribution < -0.4 is 20.4 Å². The molecular weight excluding hydrogens is 632 g/mol. The van der Waals surface area contributed by atoms with E-state index >= 15 is 0 Å². The second-order valence-corrected chi connectivity index (χ2v) is 13.3. The Bertz CT molecular complexity index is 1650. The van der Waals surface area contributed by atoms with Gasteiger partial charge >= 0.3 is 19.7 Å². The molecule has 14 nitrogen and oxygen atoms in total. The van der Waals surface area contributed by atoms with E-state index in [1.54, 1.807) is 19.2 Å². The fraction of sp³-hybridized carbons (Fsp3) is 0.429. The highest BCUT2D eigenvalue weighted by Gasteiger charge is 2.55. The standard InChI is InChI=1S/C28H36F3N8O6P/c1-17-8-9-27(46(42,43)44,21(13-17)45-5)38-25-33-16-19(28(29,30)31)23(37-25)36-20-7-6-11-39(18-14-34-35-15-18,22(20)24(41)32-4)26(2,3)10-12-40/h6-8,13-16,40H,9-12H2,1-5H3,(H5-,32,33,34,35,36,37,38,41,42,43,44)/p+1. The molecule has 3 heterocycles. The monoisotopic (exact) mass is 669 g/mol. The third-order valence-corrected chi connectivity index (χ3v) is 9.80. The minimum absolute atomic E-state index is 0.00952. The Morgan fingerprint density at radius 3 is 2.54 bits per heavy atom. The van der Waals surface area contributed by atoms with Gasteiger partial charge in [0, 0.05) is 32.7 Å². The quantitative estimate of drug-likeness (QED) is 0.137. The Balaban J connectivity index is 1.94. The molecule has 1 amide bonds. The molecular formula is C28H37F3N8O6P+. The summed E-state index contributed by atoms with van der Waals surface area (Å²) in [5.41, 5.74) is -1.08. The molecule has 4 rings (SSSR count). The lowest BCUT2D eigenvalue weighted by molar-refractivity contribution is -0.137. The van der Waals surface area contributed by atoms with Crippen LogP contribution in [-0.2, 0) is 20.3 Å². The fourth-order valence-electron chi connectivity index (χ4n) is 5.80. The van der Waals surface area contributed by atoms with Gasteiger partial charge in [-0.25, -0.2) is 9.47 Å². The predicted molar refractivity (Wildman–Crippen MR) is 164 cm³/mol. The molecule has 0 fully saturated rings. The summed E-state index contributed by atoms with van der Waals surface area (Å²) < 4.78 is 60.9. The van der Waals surface area contributed by atoms with E-state index in [0.717, 1.165) is 0 Å². The summed E-state index contributed by atoms with van der Waals surface area (Å²) in [7, 11) is -2.52. The van der Waals surface area contributed by atoms with Crippen LogP contribution in [0.15, 0.2) is 65.6 Å². The zero-order chi connectivity index (χ0) is 34.1. The summed E-state index contributed by atoms with van der Waals surface area (Å²) in [5, 5.41) is 22.3. The number of H-pyrrole nitrogens is 1. The van der Waals surface area contributed by atoms with Crippen molar-refractivity contribution in [2.45, 2.75) is 50.6 Å². The van der Waals surface area contributed by atoms with Gasteiger partial charge in [-0.1, -0.05) is 11.6 Å². The number of carbonyl (C=O) groups is 1. The Labute approximate surface area is 262 Å². The number of aliphatic hydroxyl groups is 1. The van der Waals surface area contributed by atoms with Crippen LogP contribution in [0, 0.1) is 0 Å². The Kier molecular flexibility index (Phi) is 9.58. The summed E-state index contributed by atoms with van der Waals surface area (Å²) in [4.78, 5) is 42.3. The SMILES string of the molecule is CNC(=O)C1=C(Nc2nc(NC3(P(=O)(O)O)CC=C(C)C=C3OC)ncc2C(F)(F)F)C=CC[N+]1(c1cn[nH]c1)C(C)(C)CCO. The number of alkyl halides is 3. The lowest BCUT2D eigenvalue weighted by Crippen LogP contribution is -2.66. The minimum Gasteiger partial charge on any atom is -0.498 e. The molecule has 0 saturated heterocycles. The number of anilines is 2. The van der Waals surface area contributed by atoms with Gasteiger partial charge in [0.2, 0.25) is 16.9 Å². The van der Waals surface area contributed by atoms with Gasteiger partial charge in [0.05, 0.1) is 13.3 Å². The van der Waals surface area contributed by atoms with E-state index < -0.39 is 47.8 Å². The van der Waals surface area contributed by atoms with Crippen molar-refractivity contribution in [3.63, 3.8) is 0 Å². The van der Waals surface area contributed by atoms with Crippen LogP contribution >= 0.6 is 7.60 Å². The molecule has 250 valence electrons. The molecule has 1 aliphatic carbocycles. The predicted octanol–water partition coefficient (Wildman–Crippen LogP) is 3.49. The van der Waals surface area contributed by atoms with Crippen molar-refractivity contribution in [2.75, 3.05) is 37.9 Å². The van der Waals surface area contributed by atoms with Crippen molar-refractivity contribution in [2.24, 2.45) is 0 Å². The van der Waals surface area contributed by atoms with Gasteiger partial charge in [-0.05, 0) is 39.0 Å². The van der Waals surface area contributed by atoms with Crippen molar-refractivity contribution in [3.8, 4) is 0 Å². The smallest absolute Gasteiger partial charge is 0.421 e. The number of amides is 1. The number of quaternary nitrogens is 1. The first kappa shape index (κ1) is 34.8. The number of allylic oxidation sites excluding steroid dienone is 3. The number of aromatic amines is 1. The molecule has 46 heavy (non-hydrogen) atoms. The third kappa shape index (κ3) is 6.08. The van der Waals surface area contributed by atoms with Crippen molar-refractivity contribution in [3.05, 3.63) is 71.2 Å². The molecule has 7 N–H and O–H groups in total. The molecule has 2 atom stereocenters. The van der Waals surface area contributed by atoms with Gasteiger partial charge in [0.25, 0.3) is 0 Å². The maximum atomic E-state index is 14.3. The Morgan fingerprint density at radius 1 is 1.26 bits per heavy atom. The topological polar surface area (TPSA) is 195 Å². The molecule has 0 spiro atoms. The number of hydrogen-bond donors (Lipinski definition) is 7. The second kappa shape index (κ2) is 12.6. The van der Waals surface area contributed by atoms with E-state index in [2.05, 4.69) is 36.1 Å². The zero-order valence-electron chi connectivity index (χ0n) is 25.8. The highest BCUT2D eigenvalue weighted by atomic mass is 31.2. The average molecular weight is 670 g/mol. The number of nitrogens with zero attached hydrogens (tertiary/aromatic N) is 4. The Morgan fingerprint density at radius 2 is 1.98 bits per heavy atom. The van der Waals surface area contributed by atoms with Crippen LogP contribution in [0.5, 0.6) is 0 Å². The van der Waals surface area contributed by atoms with Crippen molar-refractivity contribution < 1.29 is 42.2 Å². The molecule has 2 aromatic rings. The Hall–Kier alpha value is -4.02. The van der Waals surface area contributed by atoms with Crippen LogP contribution in [-0.4, -0.2) is 79.1 Å². The highest BCUT2D eigenvalue weighted by molar-refractivity contribution is 7.54. The van der Waals surface area contributed by atoms with Crippen molar-refractivity contribution >= 4 is 31.0 Å². The number of carbonyl (C=O) groups excluding carboxylic acids is 1. The van der Waals surface area contributed by atoms with Gasteiger partial charge in [-0.3, -0.25) is 14.5 Å². The molecule has 0 aromatic carbocycles. The van der Waals surface area contributed by atoms with Gasteiger partial charge in [0.1, 0.15) is 41.1 Å². The molecule has 0 saturated carbocycles. The normalized spacial score (nSPS) is 22.2. The maximum absolute atomic E-state index is 14.3. The number of ether oxygens (including phenoxy) is 1. The average Bonchev–Trinajstić information content (AvgIpc) is 3.52. The van der Waals surface area contributed by atoms with Crippen LogP contribution in [0.3, 0.4) is 0 Å². The molecule has 2 aliphatic rings. The summed E-state index contributed by atoms with van der Waals surface area (Å²) in [5.74, 6) is -2.12. The maximum Gasteiger partial charge on any atom is 0.421 e. The van der Waals surface area contributed by atoms with Crippen LogP contribution in [0.2, 0.25) is 0 Å². The molecule has 0 radical (unpaired) electrons. The van der Waals surface area contributed by atoms with Gasteiger partial charge in [-0.2, -0.15) is 23.3 Å². The lowest BCUT2D eigenvalue weighted by atomic mass is 9.89. The summed E-state index contributed by atoms with van der Waals surface area (Å²) in [6, 6.07) is 0. The van der Waals surface area contributed by atoms with E-state index in [0.29, 0.717) is 17.5 Å². The first-order chi connectivity index (χ1) is 21.5. The summed E-state index contributed by atoms with van der Waals surface area (Å²) in [6.45, 7) is 5.26. The number of likely N-dealkylation sites (N-methyl/N-ethyl adjacent to an activating group) is 1. The number of rotatable bonds is 11. The zero-order valence-corrected chi connectivity index (χ0v) is 26.7. The summed E-state index contributed by atoms with van der Waals surface area (Å²) >= 11 is 0. The molecule has 0 bridgehead atoms. The van der Waals surface area contributed by atoms with Crippen LogP contribution in [0.4, 0.5) is 30.6 Å². The van der Waals surface area contributed by atoms with Crippen molar-refractivity contribution in [1.82, 2.24) is 30.0 Å². The van der Waals surface area contributed by atoms with E-state index in [-0.39, 0.29) is 47.6 Å². The first-order valence-corrected chi connectivity index (χ1v) is 15.7. The highest BCUT2D eigenvalue weighted by Crippen LogP contribution is 2.58. The van der Waals surface area contributed by atoms with Crippen LogP contribution in [0.25, 0.3) is 0 Å². The van der Waals surface area contributed by atoms with E-state index in [1.165, 1.54) is 38.6 Å². The lowest BCUT2D eigenvalue weighted by Gasteiger charge is -2.50. The summed E-state index contributed by atoms with van der Waals surface area (Å²) in [6.07, 6.45) is 4.53. The number of halogens is 3. The third-order valence-electron chi connectivity index (χ3n) is 8.29. The molecule has 2 aromatic heterocycles. The minimum atomic E-state index is -5.11. The van der Waals surface area contributed by atoms with E-state index in [9.17, 15) is 37.4 Å². The van der Waals surface area contributed by atoms with E-state index in [1.807, 2.05) is 13.8 Å². The van der Waals surface area contributed by atoms with E-state index in [4.69, 9.17) is 4.74 Å². The second-order valence-electron chi connectivity index (χ2n) is 11.5. The van der Waals surface area contributed by atoms with Crippen LogP contribution in [0.1, 0.15) is 39.2 Å². The van der Waals surface area contributed by atoms with Gasteiger partial charge in [-0.15, -0.1) is 0 Å². The number of aliphatic hydroxyl groups excluding tert-OH is 1. The van der Waals surface area contributed by atoms with Gasteiger partial charge in [0.15, 0.2) is 5.69 Å². The molecule has 18 heteroatoms. The number of methoxy groups -OCH3 is 1. The first-order valence-electron chi connectivity index (χ1n) is 14.1. The number of hydrogen-bond acceptors (Lipinski definition) is 9. The largest absolute Gasteiger partial charge is 0.498 e. The van der Waals surface area contributed by atoms with Gasteiger partial charge < -0.3 is 35.6 Å². The van der Waals surface area contributed by atoms with Crippen molar-refractivity contribution in [1.29, 1.82) is 0 Å². The molecule has 1 aliphatic heterocycles.